The molecule has 0 bridgehead atoms. The predicted molar refractivity (Wildman–Crippen MR) is 93.5 cm³/mol. The Morgan fingerprint density at radius 3 is 2.24 bits per heavy atom. The Morgan fingerprint density at radius 2 is 1.62 bits per heavy atom. The van der Waals surface area contributed by atoms with Crippen molar-refractivity contribution in [3.8, 4) is 0 Å². The van der Waals surface area contributed by atoms with Gasteiger partial charge in [-0.3, -0.25) is 0 Å². The minimum absolute atomic E-state index is 0.943. The van der Waals surface area contributed by atoms with E-state index in [2.05, 4.69) is 74.3 Å². The zero-order valence-corrected chi connectivity index (χ0v) is 13.2. The van der Waals surface area contributed by atoms with E-state index >= 15 is 0 Å². The number of hydrogen-bond acceptors (Lipinski definition) is 1. The van der Waals surface area contributed by atoms with E-state index in [1.165, 1.54) is 36.8 Å². The molecule has 1 heteroatoms. The minimum atomic E-state index is 0.943. The normalized spacial score (nSPS) is 10.4. The Morgan fingerprint density at radius 1 is 0.952 bits per heavy atom. The van der Waals surface area contributed by atoms with E-state index in [-0.39, 0.29) is 0 Å². The lowest BCUT2D eigenvalue weighted by molar-refractivity contribution is 0.717. The van der Waals surface area contributed by atoms with Crippen LogP contribution in [0.15, 0.2) is 55.1 Å². The smallest absolute Gasteiger partial charge is 0.0384 e. The fourth-order valence-corrected chi connectivity index (χ4v) is 2.34. The van der Waals surface area contributed by atoms with Gasteiger partial charge in [0.15, 0.2) is 0 Å². The maximum absolute atomic E-state index is 4.14. The molecule has 1 nitrogen and oxygen atoms in total. The summed E-state index contributed by atoms with van der Waals surface area (Å²) in [6.45, 7) is 8.47. The molecular weight excluding hydrogens is 254 g/mol. The van der Waals surface area contributed by atoms with Gasteiger partial charge in [-0.1, -0.05) is 68.3 Å². The van der Waals surface area contributed by atoms with Crippen LogP contribution in [0.2, 0.25) is 0 Å². The van der Waals surface area contributed by atoms with Crippen LogP contribution in [0.5, 0.6) is 0 Å². The van der Waals surface area contributed by atoms with Crippen molar-refractivity contribution in [1.29, 1.82) is 0 Å². The Labute approximate surface area is 128 Å². The topological polar surface area (TPSA) is 12.0 Å². The summed E-state index contributed by atoms with van der Waals surface area (Å²) in [4.78, 5) is 0. The van der Waals surface area contributed by atoms with E-state index in [9.17, 15) is 0 Å². The van der Waals surface area contributed by atoms with Crippen LogP contribution in [0.3, 0.4) is 0 Å². The Balaban J connectivity index is 1.94. The highest BCUT2D eigenvalue weighted by Crippen LogP contribution is 2.18. The molecule has 0 aromatic heterocycles. The zero-order valence-electron chi connectivity index (χ0n) is 13.2. The number of aryl methyl sites for hydroxylation is 2. The molecular formula is C20H25N. The van der Waals surface area contributed by atoms with E-state index < -0.39 is 0 Å². The molecule has 0 aliphatic rings. The molecule has 0 heterocycles. The molecule has 0 fully saturated rings. The lowest BCUT2D eigenvalue weighted by atomic mass is 10.0. The van der Waals surface area contributed by atoms with Crippen LogP contribution < -0.4 is 5.32 Å². The Kier molecular flexibility index (Phi) is 5.62. The van der Waals surface area contributed by atoms with Gasteiger partial charge in [0.25, 0.3) is 0 Å². The molecule has 0 aliphatic carbocycles. The van der Waals surface area contributed by atoms with Crippen molar-refractivity contribution >= 4 is 11.4 Å². The first kappa shape index (κ1) is 15.4. The standard InChI is InChI=1S/C20H25N/c1-4-5-6-7-18-10-12-19(13-11-18)17(3)21-20-14-8-16(2)9-15-20/h8-15,21H,3-7H2,1-2H3. The summed E-state index contributed by atoms with van der Waals surface area (Å²) in [5, 5.41) is 3.36. The van der Waals surface area contributed by atoms with Crippen LogP contribution in [0.25, 0.3) is 5.70 Å². The van der Waals surface area contributed by atoms with Gasteiger partial charge >= 0.3 is 0 Å². The van der Waals surface area contributed by atoms with Crippen LogP contribution in [-0.4, -0.2) is 0 Å². The fourth-order valence-electron chi connectivity index (χ4n) is 2.34. The summed E-state index contributed by atoms with van der Waals surface area (Å²) >= 11 is 0. The maximum Gasteiger partial charge on any atom is 0.0384 e. The van der Waals surface area contributed by atoms with E-state index in [1.807, 2.05) is 0 Å². The third-order valence-electron chi connectivity index (χ3n) is 3.72. The lowest BCUT2D eigenvalue weighted by Gasteiger charge is -2.11. The molecule has 0 spiro atoms. The molecule has 0 saturated carbocycles. The van der Waals surface area contributed by atoms with Gasteiger partial charge < -0.3 is 5.32 Å². The van der Waals surface area contributed by atoms with Crippen molar-refractivity contribution in [2.24, 2.45) is 0 Å². The third kappa shape index (κ3) is 4.78. The number of unbranched alkanes of at least 4 members (excludes halogenated alkanes) is 2. The van der Waals surface area contributed by atoms with Crippen LogP contribution in [0.1, 0.15) is 42.9 Å². The molecule has 2 rings (SSSR count). The zero-order chi connectivity index (χ0) is 15.1. The first-order valence-corrected chi connectivity index (χ1v) is 7.81. The molecule has 0 saturated heterocycles. The molecule has 0 aliphatic heterocycles. The SMILES string of the molecule is C=C(Nc1ccc(C)cc1)c1ccc(CCCCC)cc1. The maximum atomic E-state index is 4.14. The molecule has 2 aromatic rings. The van der Waals surface area contributed by atoms with Gasteiger partial charge in [-0.25, -0.2) is 0 Å². The molecule has 0 radical (unpaired) electrons. The van der Waals surface area contributed by atoms with Crippen molar-refractivity contribution < 1.29 is 0 Å². The summed E-state index contributed by atoms with van der Waals surface area (Å²) in [6, 6.07) is 17.1. The van der Waals surface area contributed by atoms with Crippen molar-refractivity contribution in [3.63, 3.8) is 0 Å². The quantitative estimate of drug-likeness (QED) is 0.630. The molecule has 0 amide bonds. The largest absolute Gasteiger partial charge is 0.356 e. The monoisotopic (exact) mass is 279 g/mol. The highest BCUT2D eigenvalue weighted by Gasteiger charge is 2.00. The second-order valence-corrected chi connectivity index (χ2v) is 5.62. The van der Waals surface area contributed by atoms with E-state index in [4.69, 9.17) is 0 Å². The molecule has 1 N–H and O–H groups in total. The second kappa shape index (κ2) is 7.68. The van der Waals surface area contributed by atoms with E-state index in [0.717, 1.165) is 16.9 Å². The molecule has 0 unspecified atom stereocenters. The van der Waals surface area contributed by atoms with Crippen LogP contribution in [0, 0.1) is 6.92 Å². The third-order valence-corrected chi connectivity index (χ3v) is 3.72. The first-order chi connectivity index (χ1) is 10.2. The van der Waals surface area contributed by atoms with Gasteiger partial charge in [-0.15, -0.1) is 0 Å². The van der Waals surface area contributed by atoms with E-state index in [1.54, 1.807) is 0 Å². The van der Waals surface area contributed by atoms with Gasteiger partial charge in [0, 0.05) is 11.4 Å². The van der Waals surface area contributed by atoms with E-state index in [0.29, 0.717) is 0 Å². The van der Waals surface area contributed by atoms with Crippen molar-refractivity contribution in [1.82, 2.24) is 0 Å². The predicted octanol–water partition coefficient (Wildman–Crippen LogP) is 5.81. The lowest BCUT2D eigenvalue weighted by Crippen LogP contribution is -1.97. The number of rotatable bonds is 7. The summed E-state index contributed by atoms with van der Waals surface area (Å²) in [5.41, 5.74) is 5.85. The van der Waals surface area contributed by atoms with Crippen molar-refractivity contribution in [3.05, 3.63) is 71.8 Å². The number of hydrogen-bond donors (Lipinski definition) is 1. The van der Waals surface area contributed by atoms with Crippen LogP contribution in [-0.2, 0) is 6.42 Å². The average Bonchev–Trinajstić information content (AvgIpc) is 2.50. The van der Waals surface area contributed by atoms with Gasteiger partial charge in [-0.05, 0) is 43.0 Å². The summed E-state index contributed by atoms with van der Waals surface area (Å²) < 4.78 is 0. The van der Waals surface area contributed by atoms with Crippen LogP contribution >= 0.6 is 0 Å². The fraction of sp³-hybridized carbons (Fsp3) is 0.300. The number of benzene rings is 2. The number of nitrogens with one attached hydrogen (secondary N) is 1. The number of anilines is 1. The molecule has 21 heavy (non-hydrogen) atoms. The summed E-state index contributed by atoms with van der Waals surface area (Å²) in [5.74, 6) is 0. The van der Waals surface area contributed by atoms with Gasteiger partial charge in [-0.2, -0.15) is 0 Å². The highest BCUT2D eigenvalue weighted by atomic mass is 14.9. The minimum Gasteiger partial charge on any atom is -0.356 e. The first-order valence-electron chi connectivity index (χ1n) is 7.81. The van der Waals surface area contributed by atoms with Gasteiger partial charge in [0.2, 0.25) is 0 Å². The molecule has 0 atom stereocenters. The second-order valence-electron chi connectivity index (χ2n) is 5.62. The molecule has 110 valence electrons. The Bertz CT molecular complexity index is 564. The van der Waals surface area contributed by atoms with Gasteiger partial charge in [0.1, 0.15) is 0 Å². The highest BCUT2D eigenvalue weighted by molar-refractivity contribution is 5.75. The van der Waals surface area contributed by atoms with Crippen molar-refractivity contribution in [2.45, 2.75) is 39.5 Å². The summed E-state index contributed by atoms with van der Waals surface area (Å²) in [7, 11) is 0. The average molecular weight is 279 g/mol. The van der Waals surface area contributed by atoms with Crippen LogP contribution in [0.4, 0.5) is 5.69 Å². The van der Waals surface area contributed by atoms with Gasteiger partial charge in [0.05, 0.1) is 0 Å². The molecule has 2 aromatic carbocycles. The summed E-state index contributed by atoms with van der Waals surface area (Å²) in [6.07, 6.45) is 5.03. The van der Waals surface area contributed by atoms with Crippen molar-refractivity contribution in [2.75, 3.05) is 5.32 Å². The Hall–Kier alpha value is -2.02.